The Morgan fingerprint density at radius 2 is 1.78 bits per heavy atom. The zero-order valence-corrected chi connectivity index (χ0v) is 16.5. The van der Waals surface area contributed by atoms with Crippen LogP contribution in [0.1, 0.15) is 48.6 Å². The largest absolute Gasteiger partial charge is 0.314 e. The summed E-state index contributed by atoms with van der Waals surface area (Å²) < 4.78 is 2.42. The molecular weight excluding hydrogens is 326 g/mol. The van der Waals surface area contributed by atoms with Crippen LogP contribution < -0.4 is 0 Å². The molecule has 0 unspecified atom stereocenters. The zero-order chi connectivity index (χ0) is 18.8. The van der Waals surface area contributed by atoms with Gasteiger partial charge in [0.2, 0.25) is 0 Å². The van der Waals surface area contributed by atoms with Crippen molar-refractivity contribution in [1.82, 2.24) is 4.57 Å². The molecule has 0 amide bonds. The van der Waals surface area contributed by atoms with E-state index in [1.54, 1.807) is 0 Å². The number of para-hydroxylation sites is 1. The number of benzene rings is 2. The van der Waals surface area contributed by atoms with Gasteiger partial charge in [0, 0.05) is 22.3 Å². The van der Waals surface area contributed by atoms with Gasteiger partial charge in [-0.25, -0.2) is 0 Å². The lowest BCUT2D eigenvalue weighted by Gasteiger charge is -2.13. The van der Waals surface area contributed by atoms with Gasteiger partial charge in [-0.15, -0.1) is 0 Å². The predicted octanol–water partition coefficient (Wildman–Crippen LogP) is 7.40. The number of allylic oxidation sites excluding steroid dienone is 5. The number of aromatic nitrogens is 1. The topological polar surface area (TPSA) is 4.93 Å². The van der Waals surface area contributed by atoms with Crippen LogP contribution in [-0.2, 0) is 0 Å². The van der Waals surface area contributed by atoms with Crippen molar-refractivity contribution in [2.24, 2.45) is 0 Å². The number of aryl methyl sites for hydroxylation is 1. The summed E-state index contributed by atoms with van der Waals surface area (Å²) in [6.07, 6.45) is 12.6. The maximum Gasteiger partial charge on any atom is 0.0537 e. The Balaban J connectivity index is 1.91. The van der Waals surface area contributed by atoms with Gasteiger partial charge in [0.05, 0.1) is 5.52 Å². The van der Waals surface area contributed by atoms with Crippen molar-refractivity contribution in [3.05, 3.63) is 89.1 Å². The molecule has 2 aromatic carbocycles. The van der Waals surface area contributed by atoms with E-state index in [9.17, 15) is 0 Å². The smallest absolute Gasteiger partial charge is 0.0537 e. The molecule has 0 saturated carbocycles. The Morgan fingerprint density at radius 3 is 2.48 bits per heavy atom. The average molecular weight is 354 g/mol. The van der Waals surface area contributed by atoms with Crippen LogP contribution in [0.3, 0.4) is 0 Å². The molecule has 1 aliphatic rings. The summed E-state index contributed by atoms with van der Waals surface area (Å²) in [6, 6.07) is 17.7. The SMILES string of the molecule is CC/C(=C\c1c(C)n(C2=CCCC=C2)c2ccccc12)c1ccc(C)cc1. The fourth-order valence-electron chi connectivity index (χ4n) is 4.00. The van der Waals surface area contributed by atoms with Crippen LogP contribution in [0.5, 0.6) is 0 Å². The summed E-state index contributed by atoms with van der Waals surface area (Å²) in [5.41, 5.74) is 9.24. The molecule has 0 spiro atoms. The highest BCUT2D eigenvalue weighted by atomic mass is 15.0. The average Bonchev–Trinajstić information content (AvgIpc) is 2.99. The third-order valence-electron chi connectivity index (χ3n) is 5.52. The summed E-state index contributed by atoms with van der Waals surface area (Å²) >= 11 is 0. The molecule has 27 heavy (non-hydrogen) atoms. The lowest BCUT2D eigenvalue weighted by Crippen LogP contribution is -1.99. The molecule has 0 radical (unpaired) electrons. The normalized spacial score (nSPS) is 14.6. The van der Waals surface area contributed by atoms with E-state index >= 15 is 0 Å². The minimum atomic E-state index is 1.02. The van der Waals surface area contributed by atoms with Gasteiger partial charge >= 0.3 is 0 Å². The van der Waals surface area contributed by atoms with E-state index in [4.69, 9.17) is 0 Å². The first-order valence-corrected chi connectivity index (χ1v) is 9.93. The quantitative estimate of drug-likeness (QED) is 0.460. The number of rotatable bonds is 4. The number of hydrogen-bond donors (Lipinski definition) is 0. The van der Waals surface area contributed by atoms with Gasteiger partial charge in [-0.1, -0.05) is 67.1 Å². The molecule has 1 aromatic heterocycles. The van der Waals surface area contributed by atoms with E-state index in [2.05, 4.69) is 98.2 Å². The first-order chi connectivity index (χ1) is 13.2. The summed E-state index contributed by atoms with van der Waals surface area (Å²) in [7, 11) is 0. The number of fused-ring (bicyclic) bond motifs is 1. The van der Waals surface area contributed by atoms with Gasteiger partial charge in [0.25, 0.3) is 0 Å². The monoisotopic (exact) mass is 353 g/mol. The molecule has 0 atom stereocenters. The number of nitrogens with zero attached hydrogens (tertiary/aromatic N) is 1. The maximum absolute atomic E-state index is 2.42. The molecule has 0 saturated heterocycles. The molecule has 0 aliphatic heterocycles. The molecule has 0 fully saturated rings. The highest BCUT2D eigenvalue weighted by molar-refractivity contribution is 5.98. The summed E-state index contributed by atoms with van der Waals surface area (Å²) in [6.45, 7) is 6.63. The fourth-order valence-corrected chi connectivity index (χ4v) is 4.00. The van der Waals surface area contributed by atoms with Gasteiger partial charge in [0.1, 0.15) is 0 Å². The van der Waals surface area contributed by atoms with Crippen LogP contribution in [-0.4, -0.2) is 4.57 Å². The third kappa shape index (κ3) is 3.30. The molecule has 3 aromatic rings. The van der Waals surface area contributed by atoms with Crippen molar-refractivity contribution in [2.75, 3.05) is 0 Å². The molecular formula is C26H27N. The fraction of sp³-hybridized carbons (Fsp3) is 0.231. The Morgan fingerprint density at radius 1 is 1.00 bits per heavy atom. The van der Waals surface area contributed by atoms with Gasteiger partial charge in [-0.05, 0) is 62.5 Å². The second kappa shape index (κ2) is 7.44. The lowest BCUT2D eigenvalue weighted by molar-refractivity contribution is 0.996. The minimum Gasteiger partial charge on any atom is -0.314 e. The van der Waals surface area contributed by atoms with E-state index < -0.39 is 0 Å². The highest BCUT2D eigenvalue weighted by Crippen LogP contribution is 2.34. The molecule has 1 heteroatoms. The Hall–Kier alpha value is -2.80. The first kappa shape index (κ1) is 17.6. The van der Waals surface area contributed by atoms with Crippen LogP contribution in [0, 0.1) is 13.8 Å². The van der Waals surface area contributed by atoms with Crippen LogP contribution >= 0.6 is 0 Å². The Kier molecular flexibility index (Phi) is 4.85. The third-order valence-corrected chi connectivity index (χ3v) is 5.52. The molecule has 0 bridgehead atoms. The van der Waals surface area contributed by atoms with Crippen molar-refractivity contribution in [2.45, 2.75) is 40.0 Å². The maximum atomic E-state index is 2.42. The van der Waals surface area contributed by atoms with E-state index in [1.807, 2.05) is 0 Å². The zero-order valence-electron chi connectivity index (χ0n) is 16.5. The molecule has 1 aliphatic carbocycles. The second-order valence-electron chi connectivity index (χ2n) is 7.35. The molecule has 1 nitrogen and oxygen atoms in total. The van der Waals surface area contributed by atoms with Crippen LogP contribution in [0.4, 0.5) is 0 Å². The van der Waals surface area contributed by atoms with E-state index in [1.165, 1.54) is 44.6 Å². The minimum absolute atomic E-state index is 1.02. The summed E-state index contributed by atoms with van der Waals surface area (Å²) in [4.78, 5) is 0. The summed E-state index contributed by atoms with van der Waals surface area (Å²) in [5, 5.41) is 1.33. The highest BCUT2D eigenvalue weighted by Gasteiger charge is 2.15. The van der Waals surface area contributed by atoms with Crippen molar-refractivity contribution in [3.63, 3.8) is 0 Å². The predicted molar refractivity (Wildman–Crippen MR) is 119 cm³/mol. The van der Waals surface area contributed by atoms with E-state index in [0.717, 1.165) is 19.3 Å². The van der Waals surface area contributed by atoms with E-state index in [-0.39, 0.29) is 0 Å². The first-order valence-electron chi connectivity index (χ1n) is 9.93. The van der Waals surface area contributed by atoms with Gasteiger partial charge in [-0.2, -0.15) is 0 Å². The Bertz CT molecular complexity index is 1060. The van der Waals surface area contributed by atoms with Crippen molar-refractivity contribution < 1.29 is 0 Å². The van der Waals surface area contributed by atoms with Crippen LogP contribution in [0.25, 0.3) is 28.2 Å². The molecule has 1 heterocycles. The van der Waals surface area contributed by atoms with Crippen molar-refractivity contribution in [3.8, 4) is 0 Å². The standard InChI is InChI=1S/C26H27N/c1-4-21(22-16-14-19(2)15-17-22)18-25-20(3)27(23-10-6-5-7-11-23)26-13-9-8-12-24(25)26/h6,8-18H,4-5,7H2,1-3H3/b21-18+. The van der Waals surface area contributed by atoms with Crippen LogP contribution in [0.15, 0.2) is 66.8 Å². The molecule has 4 rings (SSSR count). The second-order valence-corrected chi connectivity index (χ2v) is 7.35. The van der Waals surface area contributed by atoms with Crippen LogP contribution in [0.2, 0.25) is 0 Å². The van der Waals surface area contributed by atoms with E-state index in [0.29, 0.717) is 0 Å². The van der Waals surface area contributed by atoms with Crippen molar-refractivity contribution in [1.29, 1.82) is 0 Å². The van der Waals surface area contributed by atoms with Gasteiger partial charge in [0.15, 0.2) is 0 Å². The Labute approximate surface area is 162 Å². The molecule has 136 valence electrons. The lowest BCUT2D eigenvalue weighted by atomic mass is 9.98. The summed E-state index contributed by atoms with van der Waals surface area (Å²) in [5.74, 6) is 0. The number of hydrogen-bond acceptors (Lipinski definition) is 0. The van der Waals surface area contributed by atoms with Gasteiger partial charge in [-0.3, -0.25) is 0 Å². The van der Waals surface area contributed by atoms with Crippen molar-refractivity contribution >= 4 is 28.2 Å². The van der Waals surface area contributed by atoms with Gasteiger partial charge < -0.3 is 4.57 Å². The molecule has 0 N–H and O–H groups in total.